The zero-order chi connectivity index (χ0) is 22.5. The van der Waals surface area contributed by atoms with E-state index in [2.05, 4.69) is 21.4 Å². The zero-order valence-corrected chi connectivity index (χ0v) is 17.9. The number of thioether (sulfide) groups is 1. The molecule has 32 heavy (non-hydrogen) atoms. The van der Waals surface area contributed by atoms with Crippen molar-refractivity contribution >= 4 is 23.6 Å². The van der Waals surface area contributed by atoms with Gasteiger partial charge >= 0.3 is 0 Å². The van der Waals surface area contributed by atoms with Gasteiger partial charge in [-0.05, 0) is 11.8 Å². The summed E-state index contributed by atoms with van der Waals surface area (Å²) in [5.41, 5.74) is 1.84. The summed E-state index contributed by atoms with van der Waals surface area (Å²) in [6.45, 7) is 0. The van der Waals surface area contributed by atoms with Crippen molar-refractivity contribution in [3.63, 3.8) is 0 Å². The lowest BCUT2D eigenvalue weighted by Crippen LogP contribution is -2.20. The highest BCUT2D eigenvalue weighted by Crippen LogP contribution is 2.41. The van der Waals surface area contributed by atoms with E-state index in [1.54, 1.807) is 0 Å². The van der Waals surface area contributed by atoms with Gasteiger partial charge in [-0.25, -0.2) is 4.98 Å². The molecular weight excluding hydrogens is 424 g/mol. The second kappa shape index (κ2) is 9.37. The normalized spacial score (nSPS) is 10.5. The molecule has 0 aliphatic carbocycles. The van der Waals surface area contributed by atoms with Gasteiger partial charge in [-0.15, -0.1) is 0 Å². The molecule has 8 heteroatoms. The lowest BCUT2D eigenvalue weighted by Gasteiger charge is -2.04. The van der Waals surface area contributed by atoms with Crippen LogP contribution in [0.5, 0.6) is 0 Å². The zero-order valence-electron chi connectivity index (χ0n) is 17.1. The summed E-state index contributed by atoms with van der Waals surface area (Å²) in [6, 6.07) is 22.0. The van der Waals surface area contributed by atoms with Crippen molar-refractivity contribution in [2.75, 3.05) is 11.6 Å². The topological polar surface area (TPSA) is 112 Å². The number of furan rings is 1. The van der Waals surface area contributed by atoms with Crippen LogP contribution in [0.3, 0.4) is 0 Å². The number of hydrogen-bond donors (Lipinski definition) is 2. The van der Waals surface area contributed by atoms with E-state index in [9.17, 15) is 14.9 Å². The molecule has 2 aromatic carbocycles. The molecule has 0 saturated carbocycles. The Balaban J connectivity index is 1.80. The largest absolute Gasteiger partial charge is 0.438 e. The third kappa shape index (κ3) is 4.33. The lowest BCUT2D eigenvalue weighted by molar-refractivity contribution is 0.101. The summed E-state index contributed by atoms with van der Waals surface area (Å²) in [6.07, 6.45) is 1.87. The number of aromatic nitrogens is 2. The Bertz CT molecular complexity index is 1360. The van der Waals surface area contributed by atoms with Crippen LogP contribution in [0, 0.1) is 11.3 Å². The van der Waals surface area contributed by atoms with E-state index in [4.69, 9.17) is 4.42 Å². The maximum Gasteiger partial charge on any atom is 0.276 e. The summed E-state index contributed by atoms with van der Waals surface area (Å²) in [7, 11) is 0. The number of amides is 1. The van der Waals surface area contributed by atoms with E-state index in [1.807, 2.05) is 66.9 Å². The van der Waals surface area contributed by atoms with E-state index < -0.39 is 11.5 Å². The van der Waals surface area contributed by atoms with Gasteiger partial charge in [0.2, 0.25) is 5.88 Å². The van der Waals surface area contributed by atoms with Gasteiger partial charge in [0.15, 0.2) is 0 Å². The molecule has 2 aromatic heterocycles. The Morgan fingerprint density at radius 2 is 1.78 bits per heavy atom. The fourth-order valence-electron chi connectivity index (χ4n) is 3.30. The highest BCUT2D eigenvalue weighted by molar-refractivity contribution is 7.97. The Morgan fingerprint density at radius 1 is 1.12 bits per heavy atom. The Labute approximate surface area is 188 Å². The van der Waals surface area contributed by atoms with Crippen molar-refractivity contribution in [2.45, 2.75) is 5.75 Å². The summed E-state index contributed by atoms with van der Waals surface area (Å²) in [5, 5.41) is 12.6. The van der Waals surface area contributed by atoms with Gasteiger partial charge in [0.1, 0.15) is 28.9 Å². The fourth-order valence-corrected chi connectivity index (χ4v) is 3.71. The predicted octanol–water partition coefficient (Wildman–Crippen LogP) is 4.68. The highest BCUT2D eigenvalue weighted by Gasteiger charge is 2.25. The summed E-state index contributed by atoms with van der Waals surface area (Å²) >= 11 is 1.47. The molecule has 0 atom stereocenters. The minimum Gasteiger partial charge on any atom is -0.438 e. The van der Waals surface area contributed by atoms with Crippen molar-refractivity contribution in [3.05, 3.63) is 94.2 Å². The van der Waals surface area contributed by atoms with Crippen molar-refractivity contribution in [2.24, 2.45) is 0 Å². The first kappa shape index (κ1) is 21.2. The third-order valence-corrected chi connectivity index (χ3v) is 5.21. The fraction of sp³-hybridized carbons (Fsp3) is 0.0833. The molecule has 0 unspecified atom stereocenters. The molecule has 7 nitrogen and oxygen atoms in total. The molecule has 1 amide bonds. The SMILES string of the molecule is CSCc1nc(C(=O)Nc2oc(-c3ccccc3)c(-c3ccccc3)c2C#N)cc(=O)[nH]1. The van der Waals surface area contributed by atoms with Crippen molar-refractivity contribution in [3.8, 4) is 28.5 Å². The maximum atomic E-state index is 12.9. The van der Waals surface area contributed by atoms with Crippen LogP contribution in [0.25, 0.3) is 22.5 Å². The van der Waals surface area contributed by atoms with E-state index >= 15 is 0 Å². The van der Waals surface area contributed by atoms with Gasteiger partial charge < -0.3 is 9.40 Å². The molecule has 158 valence electrons. The average molecular weight is 443 g/mol. The second-order valence-electron chi connectivity index (χ2n) is 6.82. The van der Waals surface area contributed by atoms with Crippen LogP contribution in [0.2, 0.25) is 0 Å². The molecule has 4 aromatic rings. The smallest absolute Gasteiger partial charge is 0.276 e. The van der Waals surface area contributed by atoms with Crippen LogP contribution < -0.4 is 10.9 Å². The molecule has 0 radical (unpaired) electrons. The number of anilines is 1. The number of nitriles is 1. The summed E-state index contributed by atoms with van der Waals surface area (Å²) < 4.78 is 6.01. The average Bonchev–Trinajstić information content (AvgIpc) is 3.18. The number of rotatable bonds is 6. The lowest BCUT2D eigenvalue weighted by atomic mass is 9.98. The Morgan fingerprint density at radius 3 is 2.41 bits per heavy atom. The molecule has 0 aliphatic heterocycles. The molecule has 4 rings (SSSR count). The van der Waals surface area contributed by atoms with Crippen LogP contribution in [-0.2, 0) is 5.75 Å². The number of aromatic amines is 1. The molecular formula is C24H18N4O3S. The third-order valence-electron chi connectivity index (χ3n) is 4.65. The molecule has 0 bridgehead atoms. The van der Waals surface area contributed by atoms with Gasteiger partial charge in [0, 0.05) is 17.2 Å². The first-order valence-corrected chi connectivity index (χ1v) is 11.1. The van der Waals surface area contributed by atoms with Gasteiger partial charge in [0.05, 0.1) is 5.75 Å². The van der Waals surface area contributed by atoms with Crippen molar-refractivity contribution in [1.82, 2.24) is 9.97 Å². The van der Waals surface area contributed by atoms with Crippen LogP contribution in [0.1, 0.15) is 21.9 Å². The Kier molecular flexibility index (Phi) is 6.19. The standard InChI is InChI=1S/C24H18N4O3S/c1-32-14-19-26-18(12-20(29)27-19)23(30)28-24-17(13-25)21(15-8-4-2-5-9-15)22(31-24)16-10-6-3-7-11-16/h2-12H,14H2,1H3,(H,28,30)(H,26,27,29). The van der Waals surface area contributed by atoms with E-state index in [-0.39, 0.29) is 17.1 Å². The van der Waals surface area contributed by atoms with Crippen LogP contribution >= 0.6 is 11.8 Å². The number of hydrogen-bond acceptors (Lipinski definition) is 6. The maximum absolute atomic E-state index is 12.9. The van der Waals surface area contributed by atoms with Crippen molar-refractivity contribution < 1.29 is 9.21 Å². The first-order valence-electron chi connectivity index (χ1n) is 9.69. The summed E-state index contributed by atoms with van der Waals surface area (Å²) in [4.78, 5) is 31.6. The monoisotopic (exact) mass is 442 g/mol. The van der Waals surface area contributed by atoms with E-state index in [1.165, 1.54) is 11.8 Å². The molecule has 0 spiro atoms. The van der Waals surface area contributed by atoms with Gasteiger partial charge in [0.25, 0.3) is 11.5 Å². The quantitative estimate of drug-likeness (QED) is 0.448. The highest BCUT2D eigenvalue weighted by atomic mass is 32.2. The molecule has 2 N–H and O–H groups in total. The minimum absolute atomic E-state index is 0.00343. The Hall–Kier alpha value is -4.09. The van der Waals surface area contributed by atoms with Crippen LogP contribution in [-0.4, -0.2) is 22.1 Å². The predicted molar refractivity (Wildman–Crippen MR) is 124 cm³/mol. The number of nitrogens with zero attached hydrogens (tertiary/aromatic N) is 2. The molecule has 0 aliphatic rings. The van der Waals surface area contributed by atoms with Crippen LogP contribution in [0.4, 0.5) is 5.88 Å². The first-order chi connectivity index (χ1) is 15.6. The van der Waals surface area contributed by atoms with Crippen molar-refractivity contribution in [1.29, 1.82) is 5.26 Å². The van der Waals surface area contributed by atoms with Gasteiger partial charge in [-0.1, -0.05) is 60.7 Å². The number of benzene rings is 2. The number of H-pyrrole nitrogens is 1. The summed E-state index contributed by atoms with van der Waals surface area (Å²) in [5.74, 6) is 0.680. The van der Waals surface area contributed by atoms with Gasteiger partial charge in [-0.2, -0.15) is 17.0 Å². The molecule has 2 heterocycles. The molecule has 0 fully saturated rings. The van der Waals surface area contributed by atoms with Gasteiger partial charge in [-0.3, -0.25) is 14.9 Å². The number of carbonyl (C=O) groups excluding carboxylic acids is 1. The van der Waals surface area contributed by atoms with Crippen LogP contribution in [0.15, 0.2) is 75.9 Å². The number of nitrogens with one attached hydrogen (secondary N) is 2. The molecule has 0 saturated heterocycles. The van der Waals surface area contributed by atoms with E-state index in [0.717, 1.165) is 17.2 Å². The number of carbonyl (C=O) groups is 1. The van der Waals surface area contributed by atoms with E-state index in [0.29, 0.717) is 22.9 Å². The second-order valence-corrected chi connectivity index (χ2v) is 7.68. The minimum atomic E-state index is -0.636.